The van der Waals surface area contributed by atoms with Crippen molar-refractivity contribution >= 4 is 5.91 Å². The van der Waals surface area contributed by atoms with Crippen molar-refractivity contribution in [3.63, 3.8) is 0 Å². The summed E-state index contributed by atoms with van der Waals surface area (Å²) in [6.45, 7) is 5.72. The summed E-state index contributed by atoms with van der Waals surface area (Å²) < 4.78 is 4.99. The second kappa shape index (κ2) is 8.63. The lowest BCUT2D eigenvalue weighted by Crippen LogP contribution is -2.39. The van der Waals surface area contributed by atoms with Gasteiger partial charge in [-0.25, -0.2) is 0 Å². The van der Waals surface area contributed by atoms with Gasteiger partial charge in [-0.15, -0.1) is 0 Å². The van der Waals surface area contributed by atoms with Crippen molar-refractivity contribution < 1.29 is 14.6 Å². The van der Waals surface area contributed by atoms with Gasteiger partial charge in [0, 0.05) is 32.8 Å². The zero-order valence-corrected chi connectivity index (χ0v) is 13.3. The lowest BCUT2D eigenvalue weighted by atomic mass is 9.71. The quantitative estimate of drug-likeness (QED) is 0.673. The molecule has 1 unspecified atom stereocenters. The van der Waals surface area contributed by atoms with E-state index in [2.05, 4.69) is 19.2 Å². The van der Waals surface area contributed by atoms with Gasteiger partial charge in [0.2, 0.25) is 5.91 Å². The first-order valence-corrected chi connectivity index (χ1v) is 7.87. The van der Waals surface area contributed by atoms with Crippen LogP contribution in [0.5, 0.6) is 0 Å². The number of rotatable bonds is 8. The molecule has 1 aliphatic carbocycles. The highest BCUT2D eigenvalue weighted by Gasteiger charge is 2.34. The van der Waals surface area contributed by atoms with E-state index in [9.17, 15) is 9.90 Å². The molecule has 0 bridgehead atoms. The van der Waals surface area contributed by atoms with Crippen molar-refractivity contribution in [2.45, 2.75) is 52.4 Å². The van der Waals surface area contributed by atoms with E-state index in [1.165, 1.54) is 6.42 Å². The smallest absolute Gasteiger partial charge is 0.223 e. The lowest BCUT2D eigenvalue weighted by Gasteiger charge is -2.35. The molecule has 0 heterocycles. The Bertz CT molecular complexity index is 291. The molecular formula is C16H31NO3. The average Bonchev–Trinajstić information content (AvgIpc) is 2.43. The van der Waals surface area contributed by atoms with Crippen LogP contribution in [0.15, 0.2) is 0 Å². The molecule has 1 aliphatic rings. The van der Waals surface area contributed by atoms with E-state index in [-0.39, 0.29) is 23.8 Å². The number of methoxy groups -OCH3 is 1. The molecule has 20 heavy (non-hydrogen) atoms. The van der Waals surface area contributed by atoms with Crippen molar-refractivity contribution in [1.82, 2.24) is 5.32 Å². The minimum Gasteiger partial charge on any atom is -0.396 e. The monoisotopic (exact) mass is 285 g/mol. The molecule has 0 aliphatic heterocycles. The fraction of sp³-hybridized carbons (Fsp3) is 0.938. The summed E-state index contributed by atoms with van der Waals surface area (Å²) in [7, 11) is 1.68. The first-order valence-electron chi connectivity index (χ1n) is 7.87. The van der Waals surface area contributed by atoms with Crippen LogP contribution in [-0.2, 0) is 9.53 Å². The molecule has 0 radical (unpaired) electrons. The molecule has 4 heteroatoms. The fourth-order valence-electron chi connectivity index (χ4n) is 3.13. The van der Waals surface area contributed by atoms with Crippen LogP contribution >= 0.6 is 0 Å². The highest BCUT2D eigenvalue weighted by molar-refractivity contribution is 5.79. The van der Waals surface area contributed by atoms with Gasteiger partial charge in [0.05, 0.1) is 0 Å². The second-order valence-corrected chi connectivity index (χ2v) is 6.81. The van der Waals surface area contributed by atoms with E-state index in [4.69, 9.17) is 4.74 Å². The number of nitrogens with one attached hydrogen (secondary N) is 1. The minimum absolute atomic E-state index is 0.0867. The number of ether oxygens (including phenoxy) is 1. The van der Waals surface area contributed by atoms with E-state index >= 15 is 0 Å². The maximum Gasteiger partial charge on any atom is 0.223 e. The van der Waals surface area contributed by atoms with Crippen LogP contribution < -0.4 is 5.32 Å². The summed E-state index contributed by atoms with van der Waals surface area (Å²) in [4.78, 5) is 12.3. The summed E-state index contributed by atoms with van der Waals surface area (Å²) in [6.07, 6.45) is 6.25. The van der Waals surface area contributed by atoms with Crippen LogP contribution in [0.4, 0.5) is 0 Å². The van der Waals surface area contributed by atoms with Gasteiger partial charge in [-0.2, -0.15) is 0 Å². The number of amides is 1. The molecule has 1 rings (SSSR count). The fourth-order valence-corrected chi connectivity index (χ4v) is 3.13. The molecule has 2 atom stereocenters. The number of hydrogen-bond acceptors (Lipinski definition) is 3. The Morgan fingerprint density at radius 2 is 2.05 bits per heavy atom. The molecule has 4 nitrogen and oxygen atoms in total. The summed E-state index contributed by atoms with van der Waals surface area (Å²) in [5, 5.41) is 12.5. The Hall–Kier alpha value is -0.610. The zero-order chi connectivity index (χ0) is 15.0. The number of carbonyl (C=O) groups excluding carboxylic acids is 1. The first-order chi connectivity index (χ1) is 9.50. The van der Waals surface area contributed by atoms with Gasteiger partial charge in [0.25, 0.3) is 0 Å². The van der Waals surface area contributed by atoms with Gasteiger partial charge in [-0.1, -0.05) is 26.7 Å². The Balaban J connectivity index is 2.48. The molecule has 1 fully saturated rings. The van der Waals surface area contributed by atoms with Crippen LogP contribution in [0.2, 0.25) is 0 Å². The maximum atomic E-state index is 12.3. The molecule has 0 aromatic heterocycles. The van der Waals surface area contributed by atoms with E-state index in [1.54, 1.807) is 7.11 Å². The predicted molar refractivity (Wildman–Crippen MR) is 80.4 cm³/mol. The van der Waals surface area contributed by atoms with Crippen molar-refractivity contribution in [2.75, 3.05) is 26.9 Å². The molecule has 118 valence electrons. The summed E-state index contributed by atoms with van der Waals surface area (Å²) in [5.74, 6) is 0.727. The molecule has 0 aromatic carbocycles. The highest BCUT2D eigenvalue weighted by atomic mass is 16.5. The van der Waals surface area contributed by atoms with Crippen molar-refractivity contribution in [3.8, 4) is 0 Å². The Morgan fingerprint density at radius 1 is 1.35 bits per heavy atom. The predicted octanol–water partition coefficient (Wildman–Crippen LogP) is 2.35. The van der Waals surface area contributed by atoms with Gasteiger partial charge < -0.3 is 15.2 Å². The Labute approximate surface area is 123 Å². The number of hydrogen-bond donors (Lipinski definition) is 2. The van der Waals surface area contributed by atoms with Crippen LogP contribution in [0.1, 0.15) is 52.4 Å². The number of carbonyl (C=O) groups is 1. The number of aliphatic hydroxyl groups excluding tert-OH is 1. The van der Waals surface area contributed by atoms with Crippen LogP contribution in [0.3, 0.4) is 0 Å². The molecule has 0 spiro atoms. The average molecular weight is 285 g/mol. The Morgan fingerprint density at radius 3 is 2.70 bits per heavy atom. The highest BCUT2D eigenvalue weighted by Crippen LogP contribution is 2.38. The maximum absolute atomic E-state index is 12.3. The summed E-state index contributed by atoms with van der Waals surface area (Å²) in [5.41, 5.74) is -0.0867. The molecule has 1 saturated carbocycles. The largest absolute Gasteiger partial charge is 0.396 e. The molecular weight excluding hydrogens is 254 g/mol. The third-order valence-corrected chi connectivity index (χ3v) is 4.31. The molecule has 0 aromatic rings. The van der Waals surface area contributed by atoms with Crippen molar-refractivity contribution in [3.05, 3.63) is 0 Å². The van der Waals surface area contributed by atoms with Gasteiger partial charge >= 0.3 is 0 Å². The van der Waals surface area contributed by atoms with E-state index in [0.717, 1.165) is 32.1 Å². The lowest BCUT2D eigenvalue weighted by molar-refractivity contribution is -0.128. The normalized spacial score (nSPS) is 23.6. The van der Waals surface area contributed by atoms with E-state index in [0.29, 0.717) is 19.1 Å². The van der Waals surface area contributed by atoms with Gasteiger partial charge in [0.15, 0.2) is 0 Å². The van der Waals surface area contributed by atoms with Crippen LogP contribution in [0.25, 0.3) is 0 Å². The molecule has 1 amide bonds. The van der Waals surface area contributed by atoms with Gasteiger partial charge in [0.1, 0.15) is 0 Å². The van der Waals surface area contributed by atoms with E-state index < -0.39 is 0 Å². The van der Waals surface area contributed by atoms with Crippen molar-refractivity contribution in [1.29, 1.82) is 0 Å². The first kappa shape index (κ1) is 17.4. The minimum atomic E-state index is -0.0867. The third-order valence-electron chi connectivity index (χ3n) is 4.31. The third kappa shape index (κ3) is 5.80. The van der Waals surface area contributed by atoms with Crippen LogP contribution in [-0.4, -0.2) is 37.9 Å². The van der Waals surface area contributed by atoms with Gasteiger partial charge in [-0.05, 0) is 37.0 Å². The zero-order valence-electron chi connectivity index (χ0n) is 13.3. The van der Waals surface area contributed by atoms with E-state index in [1.807, 2.05) is 0 Å². The topological polar surface area (TPSA) is 58.6 Å². The van der Waals surface area contributed by atoms with Gasteiger partial charge in [-0.3, -0.25) is 4.79 Å². The number of aliphatic hydroxyl groups is 1. The second-order valence-electron chi connectivity index (χ2n) is 6.81. The van der Waals surface area contributed by atoms with Crippen LogP contribution in [0, 0.1) is 17.3 Å². The summed E-state index contributed by atoms with van der Waals surface area (Å²) in [6, 6.07) is 0. The molecule has 2 N–H and O–H groups in total. The SMILES string of the molecule is COCCCNC(=O)C1CCCC[C@H]1CC(C)(C)CO. The summed E-state index contributed by atoms with van der Waals surface area (Å²) >= 11 is 0. The molecule has 0 saturated heterocycles. The van der Waals surface area contributed by atoms with Crippen molar-refractivity contribution in [2.24, 2.45) is 17.3 Å². The standard InChI is InChI=1S/C16H31NO3/c1-16(2,12-18)11-13-7-4-5-8-14(13)15(19)17-9-6-10-20-3/h13-14,18H,4-12H2,1-3H3,(H,17,19)/t13-,14?/m0/s1. The Kier molecular flexibility index (Phi) is 7.52.